The minimum absolute atomic E-state index is 0.00123. The van der Waals surface area contributed by atoms with Gasteiger partial charge in [0.25, 0.3) is 0 Å². The van der Waals surface area contributed by atoms with Gasteiger partial charge in [-0.2, -0.15) is 0 Å². The normalized spacial score (nSPS) is 12.4. The van der Waals surface area contributed by atoms with Gasteiger partial charge in [0.1, 0.15) is 22.8 Å². The van der Waals surface area contributed by atoms with E-state index in [0.717, 1.165) is 56.9 Å². The first-order valence-electron chi connectivity index (χ1n) is 13.6. The third-order valence-electron chi connectivity index (χ3n) is 7.69. The highest BCUT2D eigenvalue weighted by Crippen LogP contribution is 2.41. The summed E-state index contributed by atoms with van der Waals surface area (Å²) < 4.78 is 13.0. The number of fused-ring (bicyclic) bond motifs is 3. The molecule has 38 heavy (non-hydrogen) atoms. The van der Waals surface area contributed by atoms with Crippen molar-refractivity contribution in [3.05, 3.63) is 89.3 Å². The SMILES string of the molecule is Cc1c(CC(C)C)oc2cc(-c3oc4c(-c5cc(C(C)(C)C)c6ccccc6c5)nccc4c3C)ccc12. The predicted octanol–water partition coefficient (Wildman–Crippen LogP) is 10.2. The summed E-state index contributed by atoms with van der Waals surface area (Å²) in [5.41, 5.74) is 8.38. The zero-order chi connectivity index (χ0) is 26.8. The molecule has 6 rings (SSSR count). The van der Waals surface area contributed by atoms with Gasteiger partial charge in [-0.15, -0.1) is 0 Å². The van der Waals surface area contributed by atoms with E-state index in [1.807, 2.05) is 6.20 Å². The fraction of sp³-hybridized carbons (Fsp3) is 0.286. The van der Waals surface area contributed by atoms with Crippen molar-refractivity contribution in [2.75, 3.05) is 0 Å². The fourth-order valence-electron chi connectivity index (χ4n) is 5.68. The predicted molar refractivity (Wildman–Crippen MR) is 159 cm³/mol. The minimum Gasteiger partial charge on any atom is -0.461 e. The van der Waals surface area contributed by atoms with E-state index in [-0.39, 0.29) is 5.41 Å². The molecule has 0 saturated carbocycles. The van der Waals surface area contributed by atoms with Crippen LogP contribution in [0.25, 0.3) is 55.3 Å². The van der Waals surface area contributed by atoms with E-state index in [0.29, 0.717) is 5.92 Å². The number of hydrogen-bond donors (Lipinski definition) is 0. The standard InChI is InChI=1S/C35H35NO2/c1-20(2)16-30-21(3)26-13-12-24(19-31(26)37-30)33-22(4)27-14-15-36-32(34(27)38-33)25-17-23-10-8-9-11-28(23)29(18-25)35(5,6)7/h8-15,17-20H,16H2,1-7H3. The summed E-state index contributed by atoms with van der Waals surface area (Å²) in [5, 5.41) is 4.76. The van der Waals surface area contributed by atoms with Crippen molar-refractivity contribution in [1.29, 1.82) is 0 Å². The number of aryl methyl sites for hydroxylation is 2. The van der Waals surface area contributed by atoms with Crippen LogP contribution in [0.2, 0.25) is 0 Å². The van der Waals surface area contributed by atoms with Crippen molar-refractivity contribution in [1.82, 2.24) is 4.98 Å². The molecule has 0 atom stereocenters. The topological polar surface area (TPSA) is 39.2 Å². The second-order valence-electron chi connectivity index (χ2n) is 12.0. The van der Waals surface area contributed by atoms with E-state index in [4.69, 9.17) is 13.8 Å². The number of nitrogens with zero attached hydrogens (tertiary/aromatic N) is 1. The number of pyridine rings is 1. The Hall–Kier alpha value is -3.85. The van der Waals surface area contributed by atoms with Crippen LogP contribution in [-0.4, -0.2) is 4.98 Å². The maximum absolute atomic E-state index is 6.65. The van der Waals surface area contributed by atoms with Crippen molar-refractivity contribution in [2.24, 2.45) is 5.92 Å². The average Bonchev–Trinajstić information content (AvgIpc) is 3.38. The number of hydrogen-bond acceptors (Lipinski definition) is 3. The fourth-order valence-corrected chi connectivity index (χ4v) is 5.68. The molecule has 0 radical (unpaired) electrons. The summed E-state index contributed by atoms with van der Waals surface area (Å²) >= 11 is 0. The van der Waals surface area contributed by atoms with Crippen molar-refractivity contribution >= 4 is 32.7 Å². The van der Waals surface area contributed by atoms with Crippen LogP contribution < -0.4 is 0 Å². The average molecular weight is 502 g/mol. The molecule has 0 fully saturated rings. The molecule has 0 N–H and O–H groups in total. The maximum Gasteiger partial charge on any atom is 0.161 e. The zero-order valence-electron chi connectivity index (χ0n) is 23.4. The van der Waals surface area contributed by atoms with Crippen molar-refractivity contribution in [3.63, 3.8) is 0 Å². The summed E-state index contributed by atoms with van der Waals surface area (Å²) in [6.45, 7) is 15.5. The van der Waals surface area contributed by atoms with Gasteiger partial charge in [0.2, 0.25) is 0 Å². The summed E-state index contributed by atoms with van der Waals surface area (Å²) in [4.78, 5) is 4.84. The third kappa shape index (κ3) is 4.01. The zero-order valence-corrected chi connectivity index (χ0v) is 23.4. The Kier molecular flexibility index (Phi) is 5.72. The van der Waals surface area contributed by atoms with Gasteiger partial charge < -0.3 is 8.83 Å². The Morgan fingerprint density at radius 2 is 1.58 bits per heavy atom. The van der Waals surface area contributed by atoms with Crippen LogP contribution in [0.3, 0.4) is 0 Å². The summed E-state index contributed by atoms with van der Waals surface area (Å²) in [7, 11) is 0. The smallest absolute Gasteiger partial charge is 0.161 e. The van der Waals surface area contributed by atoms with Gasteiger partial charge in [-0.1, -0.05) is 71.0 Å². The van der Waals surface area contributed by atoms with Crippen molar-refractivity contribution in [2.45, 2.75) is 60.3 Å². The molecule has 0 aliphatic heterocycles. The molecule has 3 aromatic carbocycles. The van der Waals surface area contributed by atoms with Gasteiger partial charge in [0.15, 0.2) is 5.58 Å². The molecule has 0 aliphatic rings. The van der Waals surface area contributed by atoms with Gasteiger partial charge in [-0.25, -0.2) is 0 Å². The molecule has 0 spiro atoms. The molecule has 3 nitrogen and oxygen atoms in total. The van der Waals surface area contributed by atoms with Crippen molar-refractivity contribution < 1.29 is 8.83 Å². The first kappa shape index (κ1) is 24.5. The maximum atomic E-state index is 6.65. The quantitative estimate of drug-likeness (QED) is 0.241. The number of furan rings is 2. The van der Waals surface area contributed by atoms with Gasteiger partial charge >= 0.3 is 0 Å². The molecular formula is C35H35NO2. The molecule has 0 aliphatic carbocycles. The van der Waals surface area contributed by atoms with Crippen LogP contribution in [0.15, 0.2) is 75.7 Å². The van der Waals surface area contributed by atoms with E-state index in [1.54, 1.807) is 0 Å². The van der Waals surface area contributed by atoms with Gasteiger partial charge in [0, 0.05) is 40.1 Å². The lowest BCUT2D eigenvalue weighted by atomic mass is 9.82. The number of aromatic nitrogens is 1. The van der Waals surface area contributed by atoms with Crippen LogP contribution in [-0.2, 0) is 11.8 Å². The van der Waals surface area contributed by atoms with Crippen LogP contribution >= 0.6 is 0 Å². The van der Waals surface area contributed by atoms with E-state index in [2.05, 4.69) is 109 Å². The molecule has 0 amide bonds. The Labute approximate surface area is 224 Å². The highest BCUT2D eigenvalue weighted by atomic mass is 16.3. The minimum atomic E-state index is -0.00123. The highest BCUT2D eigenvalue weighted by Gasteiger charge is 2.22. The van der Waals surface area contributed by atoms with Gasteiger partial charge in [-0.3, -0.25) is 4.98 Å². The Bertz CT molecular complexity index is 1820. The van der Waals surface area contributed by atoms with Crippen LogP contribution in [0.4, 0.5) is 0 Å². The molecule has 0 unspecified atom stereocenters. The van der Waals surface area contributed by atoms with E-state index in [1.165, 1.54) is 27.3 Å². The molecule has 0 saturated heterocycles. The summed E-state index contributed by atoms with van der Waals surface area (Å²) in [5.74, 6) is 2.49. The van der Waals surface area contributed by atoms with Gasteiger partial charge in [0.05, 0.1) is 0 Å². The van der Waals surface area contributed by atoms with E-state index in [9.17, 15) is 0 Å². The van der Waals surface area contributed by atoms with Crippen LogP contribution in [0, 0.1) is 19.8 Å². The molecule has 192 valence electrons. The van der Waals surface area contributed by atoms with Crippen LogP contribution in [0.1, 0.15) is 57.1 Å². The summed E-state index contributed by atoms with van der Waals surface area (Å²) in [6.07, 6.45) is 2.84. The van der Waals surface area contributed by atoms with Crippen molar-refractivity contribution in [3.8, 4) is 22.6 Å². The lowest BCUT2D eigenvalue weighted by Crippen LogP contribution is -2.12. The largest absolute Gasteiger partial charge is 0.461 e. The molecule has 6 aromatic rings. The number of rotatable bonds is 4. The Morgan fingerprint density at radius 1 is 0.789 bits per heavy atom. The lowest BCUT2D eigenvalue weighted by Gasteiger charge is -2.22. The van der Waals surface area contributed by atoms with Crippen LogP contribution in [0.5, 0.6) is 0 Å². The molecule has 3 heterocycles. The second-order valence-corrected chi connectivity index (χ2v) is 12.0. The molecule has 3 heteroatoms. The molecule has 3 aromatic heterocycles. The molecular weight excluding hydrogens is 466 g/mol. The highest BCUT2D eigenvalue weighted by molar-refractivity contribution is 5.99. The van der Waals surface area contributed by atoms with E-state index < -0.39 is 0 Å². The third-order valence-corrected chi connectivity index (χ3v) is 7.69. The molecule has 0 bridgehead atoms. The Balaban J connectivity index is 1.52. The first-order valence-corrected chi connectivity index (χ1v) is 13.6. The van der Waals surface area contributed by atoms with Gasteiger partial charge in [-0.05, 0) is 71.3 Å². The number of benzene rings is 3. The van der Waals surface area contributed by atoms with E-state index >= 15 is 0 Å². The second kappa shape index (κ2) is 8.87. The monoisotopic (exact) mass is 501 g/mol. The lowest BCUT2D eigenvalue weighted by molar-refractivity contribution is 0.496. The summed E-state index contributed by atoms with van der Waals surface area (Å²) in [6, 6.07) is 21.6. The first-order chi connectivity index (χ1) is 18.1. The Morgan fingerprint density at radius 3 is 2.34 bits per heavy atom.